The molecule has 0 aromatic heterocycles. The fraction of sp³-hybridized carbons (Fsp3) is 0.767. The fourth-order valence-electron chi connectivity index (χ4n) is 8.76. The maximum atomic E-state index is 12.8. The van der Waals surface area contributed by atoms with E-state index in [0.717, 1.165) is 32.1 Å². The van der Waals surface area contributed by atoms with Gasteiger partial charge in [-0.3, -0.25) is 4.79 Å². The van der Waals surface area contributed by atoms with Gasteiger partial charge >= 0.3 is 0 Å². The van der Waals surface area contributed by atoms with Gasteiger partial charge < -0.3 is 5.11 Å². The molecule has 2 heteroatoms. The van der Waals surface area contributed by atoms with Crippen LogP contribution in [0.1, 0.15) is 100 Å². The van der Waals surface area contributed by atoms with Crippen LogP contribution in [0.3, 0.4) is 0 Å². The first kappa shape index (κ1) is 24.0. The third kappa shape index (κ3) is 3.26. The third-order valence-corrected chi connectivity index (χ3v) is 10.9. The number of fused-ring (bicyclic) bond motifs is 5. The molecule has 1 N–H and O–H groups in total. The number of aliphatic hydroxyl groups is 1. The van der Waals surface area contributed by atoms with Crippen molar-refractivity contribution in [1.82, 2.24) is 0 Å². The first-order valence-corrected chi connectivity index (χ1v) is 13.1. The van der Waals surface area contributed by atoms with Crippen molar-refractivity contribution in [3.05, 3.63) is 34.9 Å². The zero-order chi connectivity index (χ0) is 23.7. The summed E-state index contributed by atoms with van der Waals surface area (Å²) in [7, 11) is 0. The van der Waals surface area contributed by atoms with Crippen LogP contribution in [-0.2, 0) is 4.79 Å². The highest BCUT2D eigenvalue weighted by atomic mass is 16.3. The SMILES string of the molecule is CC(C)=C[C@@H](O)C[C@H](C)[C@@H]1CC[C@]2(C)C3=CC[C@H]4C(C)(C)C(=O)CC[C@]4(C)C3=CC[C@@]12C. The van der Waals surface area contributed by atoms with Gasteiger partial charge in [0.1, 0.15) is 5.78 Å². The molecular weight excluding hydrogens is 392 g/mol. The number of ketones is 1. The minimum atomic E-state index is -0.337. The van der Waals surface area contributed by atoms with Gasteiger partial charge in [-0.05, 0) is 97.5 Å². The summed E-state index contributed by atoms with van der Waals surface area (Å²) in [5.41, 5.74) is 4.69. The van der Waals surface area contributed by atoms with Crippen molar-refractivity contribution in [3.8, 4) is 0 Å². The summed E-state index contributed by atoms with van der Waals surface area (Å²) >= 11 is 0. The number of rotatable bonds is 4. The van der Waals surface area contributed by atoms with Crippen LogP contribution in [0.2, 0.25) is 0 Å². The van der Waals surface area contributed by atoms with Gasteiger partial charge in [-0.15, -0.1) is 0 Å². The van der Waals surface area contributed by atoms with Gasteiger partial charge in [-0.1, -0.05) is 65.3 Å². The Hall–Kier alpha value is -1.15. The Kier molecular flexibility index (Phi) is 5.76. The molecule has 178 valence electrons. The molecule has 0 amide bonds. The highest BCUT2D eigenvalue weighted by molar-refractivity contribution is 5.86. The molecule has 4 rings (SSSR count). The van der Waals surface area contributed by atoms with Crippen molar-refractivity contribution in [2.24, 2.45) is 39.4 Å². The zero-order valence-electron chi connectivity index (χ0n) is 21.8. The van der Waals surface area contributed by atoms with Crippen molar-refractivity contribution in [3.63, 3.8) is 0 Å². The summed E-state index contributed by atoms with van der Waals surface area (Å²) in [6.07, 6.45) is 14.0. The monoisotopic (exact) mass is 438 g/mol. The Balaban J connectivity index is 1.67. The van der Waals surface area contributed by atoms with Crippen LogP contribution in [0, 0.1) is 39.4 Å². The molecule has 0 saturated heterocycles. The van der Waals surface area contributed by atoms with Gasteiger partial charge in [0.05, 0.1) is 6.10 Å². The molecule has 4 aliphatic carbocycles. The lowest BCUT2D eigenvalue weighted by Gasteiger charge is -2.59. The highest BCUT2D eigenvalue weighted by Gasteiger charge is 2.63. The van der Waals surface area contributed by atoms with E-state index >= 15 is 0 Å². The zero-order valence-corrected chi connectivity index (χ0v) is 21.8. The highest BCUT2D eigenvalue weighted by Crippen LogP contribution is 2.71. The quantitative estimate of drug-likeness (QED) is 0.463. The third-order valence-electron chi connectivity index (χ3n) is 10.9. The molecule has 0 unspecified atom stereocenters. The molecule has 0 heterocycles. The molecular formula is C30H46O2. The Labute approximate surface area is 196 Å². The predicted molar refractivity (Wildman–Crippen MR) is 133 cm³/mol. The number of carbonyl (C=O) groups excluding carboxylic acids is 1. The Morgan fingerprint density at radius 1 is 1.12 bits per heavy atom. The van der Waals surface area contributed by atoms with Gasteiger partial charge in [0.25, 0.3) is 0 Å². The predicted octanol–water partition coefficient (Wildman–Crippen LogP) is 7.43. The number of hydrogen-bond donors (Lipinski definition) is 1. The van der Waals surface area contributed by atoms with E-state index in [2.05, 4.69) is 67.5 Å². The van der Waals surface area contributed by atoms with Gasteiger partial charge in [-0.2, -0.15) is 0 Å². The summed E-state index contributed by atoms with van der Waals surface area (Å²) < 4.78 is 0. The first-order valence-electron chi connectivity index (χ1n) is 13.1. The van der Waals surface area contributed by atoms with Crippen LogP contribution in [0.25, 0.3) is 0 Å². The number of carbonyl (C=O) groups is 1. The maximum Gasteiger partial charge on any atom is 0.138 e. The number of aliphatic hydroxyl groups excluding tert-OH is 1. The maximum absolute atomic E-state index is 12.8. The minimum Gasteiger partial charge on any atom is -0.389 e. The van der Waals surface area contributed by atoms with Crippen molar-refractivity contribution < 1.29 is 9.90 Å². The smallest absolute Gasteiger partial charge is 0.138 e. The first-order chi connectivity index (χ1) is 14.8. The summed E-state index contributed by atoms with van der Waals surface area (Å²) in [6.45, 7) is 18.4. The summed E-state index contributed by atoms with van der Waals surface area (Å²) in [6, 6.07) is 0. The molecule has 2 nitrogen and oxygen atoms in total. The standard InChI is InChI=1S/C30H46O2/c1-19(2)17-21(31)18-20(3)22-11-15-30(8)24-9-10-25-27(4,5)26(32)13-14-28(25,6)23(24)12-16-29(22,30)7/h9,12,17,20-22,25,31H,10-11,13-16,18H2,1-8H3/t20-,21+,22-,25-,28+,29-,30+/m0/s1. The minimum absolute atomic E-state index is 0.120. The van der Waals surface area contributed by atoms with E-state index in [9.17, 15) is 9.90 Å². The fourth-order valence-corrected chi connectivity index (χ4v) is 8.76. The molecule has 2 fully saturated rings. The molecule has 0 spiro atoms. The molecule has 7 atom stereocenters. The molecule has 0 bridgehead atoms. The van der Waals surface area contributed by atoms with E-state index in [1.165, 1.54) is 18.4 Å². The lowest BCUT2D eigenvalue weighted by molar-refractivity contribution is -0.138. The summed E-state index contributed by atoms with van der Waals surface area (Å²) in [4.78, 5) is 12.8. The van der Waals surface area contributed by atoms with Crippen LogP contribution in [0.15, 0.2) is 34.9 Å². The molecule has 0 radical (unpaired) electrons. The van der Waals surface area contributed by atoms with Crippen LogP contribution in [-0.4, -0.2) is 17.0 Å². The van der Waals surface area contributed by atoms with Crippen molar-refractivity contribution in [1.29, 1.82) is 0 Å². The average molecular weight is 439 g/mol. The van der Waals surface area contributed by atoms with E-state index in [1.807, 2.05) is 6.08 Å². The molecule has 4 aliphatic rings. The lowest BCUT2D eigenvalue weighted by atomic mass is 9.44. The van der Waals surface area contributed by atoms with Gasteiger partial charge in [0.2, 0.25) is 0 Å². The Morgan fingerprint density at radius 2 is 1.81 bits per heavy atom. The topological polar surface area (TPSA) is 37.3 Å². The summed E-state index contributed by atoms with van der Waals surface area (Å²) in [5, 5.41) is 10.6. The molecule has 0 aliphatic heterocycles. The Morgan fingerprint density at radius 3 is 2.47 bits per heavy atom. The van der Waals surface area contributed by atoms with Crippen LogP contribution < -0.4 is 0 Å². The second-order valence-corrected chi connectivity index (χ2v) is 13.2. The van der Waals surface area contributed by atoms with Crippen molar-refractivity contribution >= 4 is 5.78 Å². The van der Waals surface area contributed by atoms with Crippen LogP contribution in [0.5, 0.6) is 0 Å². The van der Waals surface area contributed by atoms with E-state index in [0.29, 0.717) is 23.5 Å². The lowest BCUT2D eigenvalue weighted by Crippen LogP contribution is -2.53. The number of allylic oxidation sites excluding steroid dienone is 5. The van der Waals surface area contributed by atoms with Crippen molar-refractivity contribution in [2.45, 2.75) is 106 Å². The van der Waals surface area contributed by atoms with E-state index in [-0.39, 0.29) is 27.8 Å². The Bertz CT molecular complexity index is 885. The van der Waals surface area contributed by atoms with E-state index < -0.39 is 0 Å². The second-order valence-electron chi connectivity index (χ2n) is 13.2. The van der Waals surface area contributed by atoms with Crippen LogP contribution in [0.4, 0.5) is 0 Å². The largest absolute Gasteiger partial charge is 0.389 e. The van der Waals surface area contributed by atoms with Crippen molar-refractivity contribution in [2.75, 3.05) is 0 Å². The second kappa shape index (κ2) is 7.69. The molecule has 0 aromatic rings. The summed E-state index contributed by atoms with van der Waals surface area (Å²) in [5.74, 6) is 1.99. The van der Waals surface area contributed by atoms with Crippen LogP contribution >= 0.6 is 0 Å². The normalized spacial score (nSPS) is 42.1. The molecule has 32 heavy (non-hydrogen) atoms. The van der Waals surface area contributed by atoms with Gasteiger partial charge in [0, 0.05) is 11.8 Å². The molecule has 2 saturated carbocycles. The van der Waals surface area contributed by atoms with E-state index in [4.69, 9.17) is 0 Å². The van der Waals surface area contributed by atoms with Gasteiger partial charge in [0.15, 0.2) is 0 Å². The van der Waals surface area contributed by atoms with E-state index in [1.54, 1.807) is 11.1 Å². The average Bonchev–Trinajstić information content (AvgIpc) is 2.96. The molecule has 0 aromatic carbocycles. The van der Waals surface area contributed by atoms with Gasteiger partial charge in [-0.25, -0.2) is 0 Å². The number of hydrogen-bond acceptors (Lipinski definition) is 2. The number of Topliss-reactive ketones (excluding diaryl/α,β-unsaturated/α-hetero) is 1.